The molecule has 1 unspecified atom stereocenters. The van der Waals surface area contributed by atoms with E-state index in [0.29, 0.717) is 17.0 Å². The molecule has 0 saturated carbocycles. The fourth-order valence-electron chi connectivity index (χ4n) is 3.89. The van der Waals surface area contributed by atoms with E-state index in [2.05, 4.69) is 4.98 Å². The van der Waals surface area contributed by atoms with Gasteiger partial charge in [-0.2, -0.15) is 0 Å². The van der Waals surface area contributed by atoms with Crippen molar-refractivity contribution in [2.45, 2.75) is 6.04 Å². The molecule has 174 valence electrons. The van der Waals surface area contributed by atoms with Gasteiger partial charge in [0.05, 0.1) is 43.5 Å². The number of ketones is 1. The summed E-state index contributed by atoms with van der Waals surface area (Å²) in [5.41, 5.74) is 1.04. The summed E-state index contributed by atoms with van der Waals surface area (Å²) in [4.78, 5) is 32.0. The van der Waals surface area contributed by atoms with E-state index in [0.717, 1.165) is 0 Å². The van der Waals surface area contributed by atoms with E-state index in [9.17, 15) is 14.7 Å². The first-order valence-corrected chi connectivity index (χ1v) is 10.6. The van der Waals surface area contributed by atoms with Gasteiger partial charge in [0.1, 0.15) is 23.0 Å². The zero-order valence-corrected chi connectivity index (χ0v) is 19.4. The van der Waals surface area contributed by atoms with Crippen molar-refractivity contribution in [1.29, 1.82) is 0 Å². The molecule has 1 N–H and O–H groups in total. The summed E-state index contributed by atoms with van der Waals surface area (Å²) < 4.78 is 15.8. The highest BCUT2D eigenvalue weighted by molar-refractivity contribution is 6.51. The topological polar surface area (TPSA) is 98.2 Å². The van der Waals surface area contributed by atoms with Gasteiger partial charge in [0.2, 0.25) is 0 Å². The highest BCUT2D eigenvalue weighted by Crippen LogP contribution is 2.44. The number of anilines is 1. The van der Waals surface area contributed by atoms with Crippen molar-refractivity contribution in [2.24, 2.45) is 0 Å². The maximum atomic E-state index is 13.3. The number of aromatic nitrogens is 1. The standard InChI is InChI=1S/C25H21ClN2O6/c1-32-16-8-6-15(7-9-16)28-22(14-5-4-10-27-13-14)21(24(30)25(28)31)23(29)17-11-20(34-3)18(26)12-19(17)33-2/h4-13,22,29H,1-3H3/b23-21+. The summed E-state index contributed by atoms with van der Waals surface area (Å²) in [5, 5.41) is 11.6. The van der Waals surface area contributed by atoms with Gasteiger partial charge in [-0.1, -0.05) is 17.7 Å². The van der Waals surface area contributed by atoms with Crippen molar-refractivity contribution in [3.8, 4) is 17.2 Å². The Bertz CT molecular complexity index is 1270. The Kier molecular flexibility index (Phi) is 6.43. The average Bonchev–Trinajstić information content (AvgIpc) is 3.14. The average molecular weight is 481 g/mol. The van der Waals surface area contributed by atoms with Gasteiger partial charge in [-0.3, -0.25) is 19.5 Å². The number of methoxy groups -OCH3 is 3. The molecular weight excluding hydrogens is 460 g/mol. The molecule has 3 aromatic rings. The summed E-state index contributed by atoms with van der Waals surface area (Å²) in [5.74, 6) is -0.986. The van der Waals surface area contributed by atoms with E-state index < -0.39 is 23.5 Å². The third-order valence-electron chi connectivity index (χ3n) is 5.52. The van der Waals surface area contributed by atoms with Crippen LogP contribution in [0.2, 0.25) is 5.02 Å². The largest absolute Gasteiger partial charge is 0.507 e. The van der Waals surface area contributed by atoms with Crippen molar-refractivity contribution >= 4 is 34.7 Å². The third kappa shape index (κ3) is 3.92. The minimum atomic E-state index is -0.937. The van der Waals surface area contributed by atoms with Crippen LogP contribution >= 0.6 is 11.6 Å². The van der Waals surface area contributed by atoms with Crippen LogP contribution in [-0.2, 0) is 9.59 Å². The first-order chi connectivity index (χ1) is 16.4. The van der Waals surface area contributed by atoms with Crippen molar-refractivity contribution in [3.05, 3.63) is 82.6 Å². The van der Waals surface area contributed by atoms with Crippen LogP contribution in [0.15, 0.2) is 66.5 Å². The van der Waals surface area contributed by atoms with Crippen LogP contribution in [0.4, 0.5) is 5.69 Å². The normalized spacial score (nSPS) is 17.1. The highest BCUT2D eigenvalue weighted by Gasteiger charge is 2.47. The molecule has 1 amide bonds. The molecule has 1 aromatic heterocycles. The van der Waals surface area contributed by atoms with E-state index in [-0.39, 0.29) is 27.7 Å². The molecule has 1 fully saturated rings. The minimum absolute atomic E-state index is 0.114. The smallest absolute Gasteiger partial charge is 0.300 e. The van der Waals surface area contributed by atoms with Crippen LogP contribution in [0.3, 0.4) is 0 Å². The van der Waals surface area contributed by atoms with Gasteiger partial charge in [-0.05, 0) is 42.0 Å². The number of Topliss-reactive ketones (excluding diaryl/α,β-unsaturated/α-hetero) is 1. The van der Waals surface area contributed by atoms with Crippen LogP contribution in [0, 0.1) is 0 Å². The number of halogens is 1. The zero-order valence-electron chi connectivity index (χ0n) is 18.6. The van der Waals surface area contributed by atoms with Crippen molar-refractivity contribution < 1.29 is 28.9 Å². The Morgan fingerprint density at radius 3 is 2.29 bits per heavy atom. The molecule has 2 heterocycles. The number of rotatable bonds is 6. The zero-order chi connectivity index (χ0) is 24.4. The van der Waals surface area contributed by atoms with Gasteiger partial charge >= 0.3 is 0 Å². The molecule has 1 atom stereocenters. The number of amides is 1. The number of carbonyl (C=O) groups is 2. The van der Waals surface area contributed by atoms with Crippen LogP contribution in [0.5, 0.6) is 17.2 Å². The quantitative estimate of drug-likeness (QED) is 0.317. The van der Waals surface area contributed by atoms with Gasteiger partial charge in [-0.15, -0.1) is 0 Å². The summed E-state index contributed by atoms with van der Waals surface area (Å²) in [6.45, 7) is 0. The molecule has 2 aromatic carbocycles. The van der Waals surface area contributed by atoms with E-state index in [1.165, 1.54) is 38.4 Å². The Hall–Kier alpha value is -4.04. The number of nitrogens with zero attached hydrogens (tertiary/aromatic N) is 2. The lowest BCUT2D eigenvalue weighted by molar-refractivity contribution is -0.132. The molecule has 34 heavy (non-hydrogen) atoms. The Balaban J connectivity index is 1.96. The summed E-state index contributed by atoms with van der Waals surface area (Å²) >= 11 is 6.20. The lowest BCUT2D eigenvalue weighted by Gasteiger charge is -2.25. The second-order valence-corrected chi connectivity index (χ2v) is 7.75. The fraction of sp³-hybridized carbons (Fsp3) is 0.160. The number of hydrogen-bond donors (Lipinski definition) is 1. The second-order valence-electron chi connectivity index (χ2n) is 7.34. The van der Waals surface area contributed by atoms with Gasteiger partial charge < -0.3 is 19.3 Å². The molecule has 0 bridgehead atoms. The number of pyridine rings is 1. The third-order valence-corrected chi connectivity index (χ3v) is 5.82. The molecular formula is C25H21ClN2O6. The monoisotopic (exact) mass is 480 g/mol. The fourth-order valence-corrected chi connectivity index (χ4v) is 4.12. The number of aliphatic hydroxyl groups excluding tert-OH is 1. The van der Waals surface area contributed by atoms with Gasteiger partial charge in [-0.25, -0.2) is 0 Å². The first kappa shape index (κ1) is 23.1. The number of carbonyl (C=O) groups excluding carboxylic acids is 2. The lowest BCUT2D eigenvalue weighted by Crippen LogP contribution is -2.29. The molecule has 8 nitrogen and oxygen atoms in total. The SMILES string of the molecule is COc1ccc(N2C(=O)C(=O)/C(=C(/O)c3cc(OC)c(Cl)cc3OC)C2c2cccnc2)cc1. The number of hydrogen-bond acceptors (Lipinski definition) is 7. The van der Waals surface area contributed by atoms with E-state index in [4.69, 9.17) is 25.8 Å². The summed E-state index contributed by atoms with van der Waals surface area (Å²) in [7, 11) is 4.36. The molecule has 0 spiro atoms. The number of benzene rings is 2. The molecule has 9 heteroatoms. The van der Waals surface area contributed by atoms with Gasteiger partial charge in [0, 0.05) is 24.1 Å². The maximum Gasteiger partial charge on any atom is 0.300 e. The predicted molar refractivity (Wildman–Crippen MR) is 127 cm³/mol. The molecule has 0 aliphatic carbocycles. The van der Waals surface area contributed by atoms with Crippen LogP contribution < -0.4 is 19.1 Å². The molecule has 1 aliphatic rings. The molecule has 1 saturated heterocycles. The van der Waals surface area contributed by atoms with E-state index in [1.807, 2.05) is 0 Å². The summed E-state index contributed by atoms with van der Waals surface area (Å²) in [6.07, 6.45) is 3.12. The number of aliphatic hydroxyl groups is 1. The highest BCUT2D eigenvalue weighted by atomic mass is 35.5. The van der Waals surface area contributed by atoms with Gasteiger partial charge in [0.25, 0.3) is 11.7 Å². The van der Waals surface area contributed by atoms with Crippen molar-refractivity contribution in [2.75, 3.05) is 26.2 Å². The summed E-state index contributed by atoms with van der Waals surface area (Å²) in [6, 6.07) is 12.1. The predicted octanol–water partition coefficient (Wildman–Crippen LogP) is 4.39. The van der Waals surface area contributed by atoms with Crippen molar-refractivity contribution in [3.63, 3.8) is 0 Å². The Labute approximate surface area is 201 Å². The van der Waals surface area contributed by atoms with E-state index >= 15 is 0 Å². The molecule has 0 radical (unpaired) electrons. The lowest BCUT2D eigenvalue weighted by atomic mass is 9.95. The van der Waals surface area contributed by atoms with Crippen LogP contribution in [0.25, 0.3) is 5.76 Å². The van der Waals surface area contributed by atoms with E-state index in [1.54, 1.807) is 48.8 Å². The van der Waals surface area contributed by atoms with Crippen molar-refractivity contribution in [1.82, 2.24) is 4.98 Å². The first-order valence-electron chi connectivity index (χ1n) is 10.2. The maximum absolute atomic E-state index is 13.3. The molecule has 1 aliphatic heterocycles. The number of ether oxygens (including phenoxy) is 3. The van der Waals surface area contributed by atoms with Crippen LogP contribution in [-0.4, -0.2) is 43.1 Å². The second kappa shape index (κ2) is 9.44. The Morgan fingerprint density at radius 2 is 1.71 bits per heavy atom. The van der Waals surface area contributed by atoms with Gasteiger partial charge in [0.15, 0.2) is 0 Å². The minimum Gasteiger partial charge on any atom is -0.507 e. The Morgan fingerprint density at radius 1 is 1.00 bits per heavy atom. The molecule has 4 rings (SSSR count). The van der Waals surface area contributed by atoms with Crippen LogP contribution in [0.1, 0.15) is 17.2 Å².